The first kappa shape index (κ1) is 9.75. The summed E-state index contributed by atoms with van der Waals surface area (Å²) in [6.07, 6.45) is -6.27. The van der Waals surface area contributed by atoms with Crippen LogP contribution >= 0.6 is 0 Å². The van der Waals surface area contributed by atoms with Gasteiger partial charge >= 0.3 is 6.18 Å². The Bertz CT molecular complexity index is 97.7. The normalized spacial score (nSPS) is 15.9. The van der Waals surface area contributed by atoms with E-state index in [-0.39, 0.29) is 6.10 Å². The molecular formula is C6H11F3O. The van der Waals surface area contributed by atoms with Crippen LogP contribution in [0.3, 0.4) is 0 Å². The van der Waals surface area contributed by atoms with Crippen molar-refractivity contribution in [2.75, 3.05) is 0 Å². The van der Waals surface area contributed by atoms with Crippen LogP contribution < -0.4 is 0 Å². The molecule has 0 heterocycles. The highest BCUT2D eigenvalue weighted by Crippen LogP contribution is 2.22. The van der Waals surface area contributed by atoms with Crippen LogP contribution in [-0.4, -0.2) is 18.4 Å². The van der Waals surface area contributed by atoms with E-state index in [4.69, 9.17) is 0 Å². The number of rotatable bonds is 2. The van der Waals surface area contributed by atoms with E-state index in [9.17, 15) is 13.2 Å². The first-order valence-corrected chi connectivity index (χ1v) is 3.06. The fourth-order valence-electron chi connectivity index (χ4n) is 0.485. The molecule has 0 radical (unpaired) electrons. The SMILES string of the molecule is CC(C)OC(C)C(F)(F)F. The van der Waals surface area contributed by atoms with Crippen LogP contribution in [0.4, 0.5) is 13.2 Å². The Labute approximate surface area is 58.2 Å². The maximum atomic E-state index is 11.7. The van der Waals surface area contributed by atoms with Crippen molar-refractivity contribution in [3.05, 3.63) is 0 Å². The third-order valence-electron chi connectivity index (χ3n) is 0.937. The first-order valence-electron chi connectivity index (χ1n) is 3.06. The second-order valence-electron chi connectivity index (χ2n) is 2.37. The van der Waals surface area contributed by atoms with E-state index in [0.29, 0.717) is 0 Å². The topological polar surface area (TPSA) is 9.23 Å². The monoisotopic (exact) mass is 156 g/mol. The number of hydrogen-bond donors (Lipinski definition) is 0. The van der Waals surface area contributed by atoms with Crippen LogP contribution in [-0.2, 0) is 4.74 Å². The summed E-state index contributed by atoms with van der Waals surface area (Å²) in [4.78, 5) is 0. The fraction of sp³-hybridized carbons (Fsp3) is 1.00. The average molecular weight is 156 g/mol. The van der Waals surface area contributed by atoms with Gasteiger partial charge in [-0.25, -0.2) is 0 Å². The maximum absolute atomic E-state index is 11.7. The van der Waals surface area contributed by atoms with Crippen LogP contribution in [0.2, 0.25) is 0 Å². The predicted octanol–water partition coefficient (Wildman–Crippen LogP) is 2.36. The molecule has 0 saturated heterocycles. The van der Waals surface area contributed by atoms with E-state index in [2.05, 4.69) is 4.74 Å². The molecule has 0 aliphatic heterocycles. The zero-order valence-corrected chi connectivity index (χ0v) is 6.20. The minimum atomic E-state index is -4.23. The van der Waals surface area contributed by atoms with Gasteiger partial charge in [-0.15, -0.1) is 0 Å². The zero-order valence-electron chi connectivity index (χ0n) is 6.20. The molecule has 10 heavy (non-hydrogen) atoms. The fourth-order valence-corrected chi connectivity index (χ4v) is 0.485. The van der Waals surface area contributed by atoms with E-state index < -0.39 is 12.3 Å². The van der Waals surface area contributed by atoms with Gasteiger partial charge in [0.1, 0.15) is 0 Å². The molecule has 0 bridgehead atoms. The van der Waals surface area contributed by atoms with E-state index in [1.165, 1.54) is 0 Å². The van der Waals surface area contributed by atoms with E-state index in [1.807, 2.05) is 0 Å². The van der Waals surface area contributed by atoms with Gasteiger partial charge in [0.05, 0.1) is 6.10 Å². The van der Waals surface area contributed by atoms with Gasteiger partial charge in [-0.3, -0.25) is 0 Å². The molecule has 0 saturated carbocycles. The summed E-state index contributed by atoms with van der Waals surface area (Å²) in [5.74, 6) is 0. The smallest absolute Gasteiger partial charge is 0.366 e. The molecule has 0 aromatic rings. The molecule has 0 aromatic carbocycles. The lowest BCUT2D eigenvalue weighted by atomic mass is 10.4. The minimum Gasteiger partial charge on any atom is -0.366 e. The third-order valence-corrected chi connectivity index (χ3v) is 0.937. The van der Waals surface area contributed by atoms with Crippen molar-refractivity contribution in [1.82, 2.24) is 0 Å². The number of ether oxygens (including phenoxy) is 1. The molecule has 0 aromatic heterocycles. The van der Waals surface area contributed by atoms with Crippen LogP contribution in [0.25, 0.3) is 0 Å². The highest BCUT2D eigenvalue weighted by atomic mass is 19.4. The van der Waals surface area contributed by atoms with Crippen molar-refractivity contribution in [2.24, 2.45) is 0 Å². The molecule has 62 valence electrons. The molecule has 0 amide bonds. The standard InChI is InChI=1S/C6H11F3O/c1-4(2)10-5(3)6(7,8)9/h4-5H,1-3H3. The molecule has 1 unspecified atom stereocenters. The molecule has 0 rings (SSSR count). The Balaban J connectivity index is 3.73. The van der Waals surface area contributed by atoms with Crippen LogP contribution in [0, 0.1) is 0 Å². The van der Waals surface area contributed by atoms with Crippen LogP contribution in [0.5, 0.6) is 0 Å². The maximum Gasteiger partial charge on any atom is 0.414 e. The number of halogens is 3. The predicted molar refractivity (Wildman–Crippen MR) is 31.7 cm³/mol. The first-order chi connectivity index (χ1) is 4.34. The lowest BCUT2D eigenvalue weighted by molar-refractivity contribution is -0.223. The van der Waals surface area contributed by atoms with E-state index in [1.54, 1.807) is 13.8 Å². The van der Waals surface area contributed by atoms with E-state index >= 15 is 0 Å². The number of hydrogen-bond acceptors (Lipinski definition) is 1. The minimum absolute atomic E-state index is 0.378. The van der Waals surface area contributed by atoms with E-state index in [0.717, 1.165) is 6.92 Å². The van der Waals surface area contributed by atoms with Gasteiger partial charge in [0.15, 0.2) is 6.10 Å². The van der Waals surface area contributed by atoms with Crippen molar-refractivity contribution < 1.29 is 17.9 Å². The van der Waals surface area contributed by atoms with Crippen LogP contribution in [0.1, 0.15) is 20.8 Å². The Hall–Kier alpha value is -0.250. The molecule has 0 fully saturated rings. The largest absolute Gasteiger partial charge is 0.414 e. The van der Waals surface area contributed by atoms with Gasteiger partial charge in [-0.05, 0) is 20.8 Å². The van der Waals surface area contributed by atoms with Crippen molar-refractivity contribution >= 4 is 0 Å². The summed E-state index contributed by atoms with van der Waals surface area (Å²) < 4.78 is 39.5. The van der Waals surface area contributed by atoms with Gasteiger partial charge in [0.25, 0.3) is 0 Å². The lowest BCUT2D eigenvalue weighted by Gasteiger charge is -2.18. The molecule has 0 spiro atoms. The quantitative estimate of drug-likeness (QED) is 0.596. The summed E-state index contributed by atoms with van der Waals surface area (Å²) in [6, 6.07) is 0. The van der Waals surface area contributed by atoms with Crippen molar-refractivity contribution in [2.45, 2.75) is 39.2 Å². The Kier molecular flexibility index (Phi) is 3.15. The van der Waals surface area contributed by atoms with Gasteiger partial charge < -0.3 is 4.74 Å². The Morgan fingerprint density at radius 2 is 1.50 bits per heavy atom. The second-order valence-corrected chi connectivity index (χ2v) is 2.37. The summed E-state index contributed by atoms with van der Waals surface area (Å²) >= 11 is 0. The molecule has 4 heteroatoms. The molecule has 1 atom stereocenters. The summed E-state index contributed by atoms with van der Waals surface area (Å²) in [5, 5.41) is 0. The summed E-state index contributed by atoms with van der Waals surface area (Å²) in [7, 11) is 0. The average Bonchev–Trinajstić information content (AvgIpc) is 1.60. The number of alkyl halides is 3. The van der Waals surface area contributed by atoms with Crippen molar-refractivity contribution in [1.29, 1.82) is 0 Å². The molecule has 0 aliphatic rings. The summed E-state index contributed by atoms with van der Waals surface area (Å²) in [6.45, 7) is 4.14. The summed E-state index contributed by atoms with van der Waals surface area (Å²) in [5.41, 5.74) is 0. The third kappa shape index (κ3) is 3.71. The van der Waals surface area contributed by atoms with Crippen molar-refractivity contribution in [3.8, 4) is 0 Å². The Morgan fingerprint density at radius 1 is 1.10 bits per heavy atom. The van der Waals surface area contributed by atoms with Crippen molar-refractivity contribution in [3.63, 3.8) is 0 Å². The van der Waals surface area contributed by atoms with Gasteiger partial charge in [0, 0.05) is 0 Å². The van der Waals surface area contributed by atoms with Gasteiger partial charge in [-0.2, -0.15) is 13.2 Å². The zero-order chi connectivity index (χ0) is 8.36. The van der Waals surface area contributed by atoms with Crippen LogP contribution in [0.15, 0.2) is 0 Å². The highest BCUT2D eigenvalue weighted by molar-refractivity contribution is 4.61. The lowest BCUT2D eigenvalue weighted by Crippen LogP contribution is -2.30. The Morgan fingerprint density at radius 3 is 1.60 bits per heavy atom. The molecular weight excluding hydrogens is 145 g/mol. The molecule has 1 nitrogen and oxygen atoms in total. The second kappa shape index (κ2) is 3.23. The molecule has 0 aliphatic carbocycles. The van der Waals surface area contributed by atoms with Gasteiger partial charge in [-0.1, -0.05) is 0 Å². The molecule has 0 N–H and O–H groups in total. The highest BCUT2D eigenvalue weighted by Gasteiger charge is 2.37. The van der Waals surface area contributed by atoms with Gasteiger partial charge in [0.2, 0.25) is 0 Å².